The van der Waals surface area contributed by atoms with Crippen LogP contribution in [0.25, 0.3) is 22.6 Å². The smallest absolute Gasteiger partial charge is 0.196 e. The normalized spacial score (nSPS) is 10.9. The van der Waals surface area contributed by atoms with E-state index in [2.05, 4.69) is 99.6 Å². The highest BCUT2D eigenvalue weighted by Crippen LogP contribution is 2.28. The Morgan fingerprint density at radius 3 is 2.08 bits per heavy atom. The molecule has 3 rings (SSSR count). The molecule has 3 aromatic rings. The molecule has 2 aromatic heterocycles. The van der Waals surface area contributed by atoms with Gasteiger partial charge in [-0.15, -0.1) is 0 Å². The number of nitrogens with zero attached hydrogens (tertiary/aromatic N) is 2. The van der Waals surface area contributed by atoms with Gasteiger partial charge in [-0.2, -0.15) is 9.13 Å². The van der Waals surface area contributed by atoms with Gasteiger partial charge in [0.25, 0.3) is 11.4 Å². The van der Waals surface area contributed by atoms with Crippen LogP contribution < -0.4 is 9.13 Å². The van der Waals surface area contributed by atoms with Gasteiger partial charge in [0, 0.05) is 28.8 Å². The topological polar surface area (TPSA) is 7.76 Å². The fourth-order valence-corrected chi connectivity index (χ4v) is 3.72. The zero-order chi connectivity index (χ0) is 17.4. The number of aromatic nitrogens is 2. The number of hydrogen-bond acceptors (Lipinski definition) is 0. The molecule has 0 saturated carbocycles. The molecule has 0 fully saturated rings. The second-order valence-corrected chi connectivity index (χ2v) is 6.78. The van der Waals surface area contributed by atoms with E-state index < -0.39 is 0 Å². The Bertz CT molecular complexity index is 923. The van der Waals surface area contributed by atoms with Crippen molar-refractivity contribution in [2.45, 2.75) is 27.7 Å². The summed E-state index contributed by atoms with van der Waals surface area (Å²) in [7, 11) is 4.28. The first kappa shape index (κ1) is 16.4. The molecule has 24 heavy (non-hydrogen) atoms. The van der Waals surface area contributed by atoms with Gasteiger partial charge < -0.3 is 0 Å². The third kappa shape index (κ3) is 2.73. The van der Waals surface area contributed by atoms with Crippen molar-refractivity contribution in [3.05, 3.63) is 70.9 Å². The van der Waals surface area contributed by atoms with Gasteiger partial charge in [0.2, 0.25) is 5.69 Å². The molecule has 0 N–H and O–H groups in total. The van der Waals surface area contributed by atoms with Gasteiger partial charge in [-0.1, -0.05) is 17.7 Å². The van der Waals surface area contributed by atoms with Crippen LogP contribution in [0.2, 0.25) is 0 Å². The third-order valence-corrected chi connectivity index (χ3v) is 4.79. The lowest BCUT2D eigenvalue weighted by Gasteiger charge is -2.12. The second-order valence-electron chi connectivity index (χ2n) is 6.78. The van der Waals surface area contributed by atoms with Crippen LogP contribution in [0, 0.1) is 27.7 Å². The van der Waals surface area contributed by atoms with Gasteiger partial charge in [0.05, 0.1) is 0 Å². The Morgan fingerprint density at radius 1 is 0.708 bits per heavy atom. The van der Waals surface area contributed by atoms with Crippen LogP contribution in [0.4, 0.5) is 0 Å². The number of pyridine rings is 2. The lowest BCUT2D eigenvalue weighted by Crippen LogP contribution is -2.41. The van der Waals surface area contributed by atoms with Crippen molar-refractivity contribution in [1.82, 2.24) is 0 Å². The Morgan fingerprint density at radius 2 is 1.42 bits per heavy atom. The van der Waals surface area contributed by atoms with Crippen LogP contribution in [0.3, 0.4) is 0 Å². The molecule has 0 aliphatic heterocycles. The molecule has 122 valence electrons. The summed E-state index contributed by atoms with van der Waals surface area (Å²) in [5.74, 6) is 0. The molecular weight excluding hydrogens is 292 g/mol. The maximum Gasteiger partial charge on any atom is 0.280 e. The highest BCUT2D eigenvalue weighted by Gasteiger charge is 2.27. The molecule has 0 radical (unpaired) electrons. The van der Waals surface area contributed by atoms with Gasteiger partial charge in [-0.3, -0.25) is 0 Å². The maximum absolute atomic E-state index is 2.34. The molecule has 0 amide bonds. The summed E-state index contributed by atoms with van der Waals surface area (Å²) in [6.45, 7) is 8.75. The molecule has 0 aliphatic carbocycles. The Hall–Kier alpha value is -2.48. The molecule has 2 heterocycles. The molecule has 0 bridgehead atoms. The molecule has 0 atom stereocenters. The monoisotopic (exact) mass is 318 g/mol. The van der Waals surface area contributed by atoms with Crippen LogP contribution in [0.1, 0.15) is 22.3 Å². The average Bonchev–Trinajstić information content (AvgIpc) is 2.51. The highest BCUT2D eigenvalue weighted by atomic mass is 15.0. The molecule has 0 saturated heterocycles. The molecule has 2 nitrogen and oxygen atoms in total. The summed E-state index contributed by atoms with van der Waals surface area (Å²) in [5, 5.41) is 0. The number of hydrogen-bond donors (Lipinski definition) is 0. The van der Waals surface area contributed by atoms with Crippen molar-refractivity contribution >= 4 is 0 Å². The van der Waals surface area contributed by atoms with E-state index in [1.807, 2.05) is 0 Å². The summed E-state index contributed by atoms with van der Waals surface area (Å²) >= 11 is 0. The van der Waals surface area contributed by atoms with Crippen LogP contribution in [-0.2, 0) is 14.1 Å². The third-order valence-electron chi connectivity index (χ3n) is 4.79. The minimum absolute atomic E-state index is 1.23. The van der Waals surface area contributed by atoms with Crippen LogP contribution in [-0.4, -0.2) is 0 Å². The fraction of sp³-hybridized carbons (Fsp3) is 0.273. The fourth-order valence-electron chi connectivity index (χ4n) is 3.72. The first-order valence-electron chi connectivity index (χ1n) is 8.43. The number of aryl methyl sites for hydroxylation is 5. The van der Waals surface area contributed by atoms with Gasteiger partial charge in [0.15, 0.2) is 6.20 Å². The molecule has 0 spiro atoms. The SMILES string of the molecule is Cc1ccc(-c2c(C)cc(C)c(-c3cccc[n+]3C)[n+]2C)c(C)c1. The van der Waals surface area contributed by atoms with E-state index in [1.165, 1.54) is 44.9 Å². The predicted molar refractivity (Wildman–Crippen MR) is 98.6 cm³/mol. The maximum atomic E-state index is 2.34. The minimum atomic E-state index is 1.23. The second kappa shape index (κ2) is 6.20. The first-order valence-corrected chi connectivity index (χ1v) is 8.43. The lowest BCUT2D eigenvalue weighted by atomic mass is 9.97. The van der Waals surface area contributed by atoms with Crippen molar-refractivity contribution in [2.24, 2.45) is 14.1 Å². The largest absolute Gasteiger partial charge is 0.280 e. The van der Waals surface area contributed by atoms with Crippen molar-refractivity contribution in [1.29, 1.82) is 0 Å². The van der Waals surface area contributed by atoms with Crippen LogP contribution in [0.5, 0.6) is 0 Å². The quantitative estimate of drug-likeness (QED) is 0.633. The Kier molecular flexibility index (Phi) is 4.23. The lowest BCUT2D eigenvalue weighted by molar-refractivity contribution is -0.685. The highest BCUT2D eigenvalue weighted by molar-refractivity contribution is 5.67. The molecule has 0 unspecified atom stereocenters. The number of rotatable bonds is 2. The first-order chi connectivity index (χ1) is 11.4. The average molecular weight is 318 g/mol. The number of benzene rings is 1. The van der Waals surface area contributed by atoms with E-state index in [0.717, 1.165) is 0 Å². The van der Waals surface area contributed by atoms with E-state index in [4.69, 9.17) is 0 Å². The van der Waals surface area contributed by atoms with E-state index in [-0.39, 0.29) is 0 Å². The van der Waals surface area contributed by atoms with Crippen LogP contribution >= 0.6 is 0 Å². The van der Waals surface area contributed by atoms with Crippen LogP contribution in [0.15, 0.2) is 48.7 Å². The van der Waals surface area contributed by atoms with E-state index in [9.17, 15) is 0 Å². The molecular formula is C22H26N2+2. The summed E-state index contributed by atoms with van der Waals surface area (Å²) in [4.78, 5) is 0. The Labute approximate surface area is 145 Å². The van der Waals surface area contributed by atoms with Crippen molar-refractivity contribution in [3.63, 3.8) is 0 Å². The van der Waals surface area contributed by atoms with Gasteiger partial charge in [0.1, 0.15) is 14.1 Å². The summed E-state index contributed by atoms with van der Waals surface area (Å²) in [5.41, 5.74) is 10.3. The minimum Gasteiger partial charge on any atom is -0.196 e. The van der Waals surface area contributed by atoms with Crippen molar-refractivity contribution in [3.8, 4) is 22.6 Å². The summed E-state index contributed by atoms with van der Waals surface area (Å²) in [6, 6.07) is 15.4. The van der Waals surface area contributed by atoms with Gasteiger partial charge in [-0.05, 0) is 51.5 Å². The zero-order valence-electron chi connectivity index (χ0n) is 15.5. The van der Waals surface area contributed by atoms with E-state index in [1.54, 1.807) is 0 Å². The summed E-state index contributed by atoms with van der Waals surface area (Å²) < 4.78 is 4.53. The Balaban J connectivity index is 2.33. The zero-order valence-corrected chi connectivity index (χ0v) is 15.5. The molecule has 2 heteroatoms. The van der Waals surface area contributed by atoms with Crippen molar-refractivity contribution in [2.75, 3.05) is 0 Å². The molecule has 0 aliphatic rings. The van der Waals surface area contributed by atoms with E-state index in [0.29, 0.717) is 0 Å². The van der Waals surface area contributed by atoms with Gasteiger partial charge in [-0.25, -0.2) is 0 Å². The molecule has 1 aromatic carbocycles. The van der Waals surface area contributed by atoms with Gasteiger partial charge >= 0.3 is 0 Å². The summed E-state index contributed by atoms with van der Waals surface area (Å²) in [6.07, 6.45) is 2.10. The predicted octanol–water partition coefficient (Wildman–Crippen LogP) is 3.90. The standard InChI is InChI=1S/C22H26N2/c1-15-10-11-19(16(2)13-15)21-17(3)14-18(4)22(24(21)6)20-9-7-8-12-23(20)5/h7-14H,1-6H3/q+2. The van der Waals surface area contributed by atoms with E-state index >= 15 is 0 Å². The van der Waals surface area contributed by atoms with Crippen molar-refractivity contribution < 1.29 is 9.13 Å².